The van der Waals surface area contributed by atoms with Crippen LogP contribution >= 0.6 is 0 Å². The van der Waals surface area contributed by atoms with E-state index in [4.69, 9.17) is 4.74 Å². The lowest BCUT2D eigenvalue weighted by atomic mass is 10.1. The van der Waals surface area contributed by atoms with Crippen molar-refractivity contribution in [3.05, 3.63) is 0 Å². The SMILES string of the molecule is CCCC1NC(CCC)N(CC(C)OC)C1=O. The van der Waals surface area contributed by atoms with Crippen molar-refractivity contribution in [2.45, 2.75) is 64.8 Å². The second kappa shape index (κ2) is 6.97. The first-order valence-electron chi connectivity index (χ1n) is 6.73. The van der Waals surface area contributed by atoms with Crippen LogP contribution in [0.1, 0.15) is 46.5 Å². The van der Waals surface area contributed by atoms with Crippen LogP contribution in [-0.4, -0.2) is 42.8 Å². The van der Waals surface area contributed by atoms with Crippen molar-refractivity contribution in [2.75, 3.05) is 13.7 Å². The Hall–Kier alpha value is -0.610. The van der Waals surface area contributed by atoms with Gasteiger partial charge in [-0.25, -0.2) is 0 Å². The summed E-state index contributed by atoms with van der Waals surface area (Å²) in [4.78, 5) is 14.2. The van der Waals surface area contributed by atoms with E-state index < -0.39 is 0 Å². The molecule has 4 nitrogen and oxygen atoms in total. The molecule has 0 aromatic carbocycles. The molecule has 1 aliphatic rings. The molecule has 100 valence electrons. The van der Waals surface area contributed by atoms with E-state index in [9.17, 15) is 4.79 Å². The van der Waals surface area contributed by atoms with Gasteiger partial charge >= 0.3 is 0 Å². The van der Waals surface area contributed by atoms with Gasteiger partial charge in [-0.1, -0.05) is 26.7 Å². The first-order valence-corrected chi connectivity index (χ1v) is 6.73. The Balaban J connectivity index is 2.64. The topological polar surface area (TPSA) is 41.6 Å². The summed E-state index contributed by atoms with van der Waals surface area (Å²) in [6.45, 7) is 6.96. The highest BCUT2D eigenvalue weighted by Crippen LogP contribution is 2.18. The number of ether oxygens (including phenoxy) is 1. The fourth-order valence-electron chi connectivity index (χ4n) is 2.32. The molecule has 3 atom stereocenters. The van der Waals surface area contributed by atoms with Crippen LogP contribution < -0.4 is 5.32 Å². The highest BCUT2D eigenvalue weighted by molar-refractivity contribution is 5.84. The van der Waals surface area contributed by atoms with Crippen LogP contribution in [0.4, 0.5) is 0 Å². The molecule has 0 aromatic rings. The number of carbonyl (C=O) groups excluding carboxylic acids is 1. The Morgan fingerprint density at radius 3 is 2.53 bits per heavy atom. The van der Waals surface area contributed by atoms with Gasteiger partial charge in [-0.3, -0.25) is 10.1 Å². The first kappa shape index (κ1) is 14.5. The van der Waals surface area contributed by atoms with Crippen LogP contribution in [0.25, 0.3) is 0 Å². The summed E-state index contributed by atoms with van der Waals surface area (Å²) < 4.78 is 5.26. The molecule has 1 N–H and O–H groups in total. The second-order valence-corrected chi connectivity index (χ2v) is 4.85. The minimum atomic E-state index is 0.0145. The standard InChI is InChI=1S/C13H26N2O2/c1-5-7-11-13(16)15(9-10(3)17-4)12(14-11)8-6-2/h10-12,14H,5-9H2,1-4H3. The number of nitrogens with zero attached hydrogens (tertiary/aromatic N) is 1. The lowest BCUT2D eigenvalue weighted by molar-refractivity contribution is -0.131. The largest absolute Gasteiger partial charge is 0.380 e. The van der Waals surface area contributed by atoms with Gasteiger partial charge in [0.1, 0.15) is 0 Å². The van der Waals surface area contributed by atoms with Gasteiger partial charge in [0.15, 0.2) is 0 Å². The molecule has 3 unspecified atom stereocenters. The van der Waals surface area contributed by atoms with E-state index in [0.717, 1.165) is 25.7 Å². The number of carbonyl (C=O) groups is 1. The van der Waals surface area contributed by atoms with Crippen LogP contribution in [0.2, 0.25) is 0 Å². The van der Waals surface area contributed by atoms with Gasteiger partial charge in [-0.05, 0) is 19.8 Å². The normalized spacial score (nSPS) is 26.6. The average Bonchev–Trinajstić information content (AvgIpc) is 2.59. The number of hydrogen-bond acceptors (Lipinski definition) is 3. The van der Waals surface area contributed by atoms with Gasteiger partial charge in [0.05, 0.1) is 18.3 Å². The summed E-state index contributed by atoms with van der Waals surface area (Å²) in [6, 6.07) is 0.0145. The zero-order valence-electron chi connectivity index (χ0n) is 11.5. The predicted molar refractivity (Wildman–Crippen MR) is 68.7 cm³/mol. The van der Waals surface area contributed by atoms with Gasteiger partial charge in [0.25, 0.3) is 0 Å². The molecule has 0 radical (unpaired) electrons. The molecule has 1 amide bonds. The lowest BCUT2D eigenvalue weighted by Crippen LogP contribution is -2.41. The monoisotopic (exact) mass is 242 g/mol. The third-order valence-corrected chi connectivity index (χ3v) is 3.35. The fourth-order valence-corrected chi connectivity index (χ4v) is 2.32. The van der Waals surface area contributed by atoms with Crippen LogP contribution in [0.15, 0.2) is 0 Å². The molecule has 0 aliphatic carbocycles. The summed E-state index contributed by atoms with van der Waals surface area (Å²) in [5.41, 5.74) is 0. The molecule has 1 aliphatic heterocycles. The number of hydrogen-bond donors (Lipinski definition) is 1. The van der Waals surface area contributed by atoms with Gasteiger partial charge in [-0.2, -0.15) is 0 Å². The lowest BCUT2D eigenvalue weighted by Gasteiger charge is -2.26. The molecule has 1 fully saturated rings. The van der Waals surface area contributed by atoms with E-state index in [0.29, 0.717) is 6.54 Å². The zero-order valence-corrected chi connectivity index (χ0v) is 11.5. The number of nitrogens with one attached hydrogen (secondary N) is 1. The third kappa shape index (κ3) is 3.68. The molecule has 0 bridgehead atoms. The molecule has 1 rings (SSSR count). The summed E-state index contributed by atoms with van der Waals surface area (Å²) in [6.07, 6.45) is 4.36. The van der Waals surface area contributed by atoms with Crippen molar-refractivity contribution in [3.63, 3.8) is 0 Å². The number of amides is 1. The van der Waals surface area contributed by atoms with Gasteiger partial charge in [0.2, 0.25) is 5.91 Å². The molecule has 1 saturated heterocycles. The maximum absolute atomic E-state index is 12.2. The predicted octanol–water partition coefficient (Wildman–Crippen LogP) is 1.75. The van der Waals surface area contributed by atoms with Crippen LogP contribution in [0, 0.1) is 0 Å². The quantitative estimate of drug-likeness (QED) is 0.739. The van der Waals surface area contributed by atoms with E-state index in [2.05, 4.69) is 19.2 Å². The van der Waals surface area contributed by atoms with Crippen LogP contribution in [0.5, 0.6) is 0 Å². The van der Waals surface area contributed by atoms with Crippen molar-refractivity contribution in [3.8, 4) is 0 Å². The third-order valence-electron chi connectivity index (χ3n) is 3.35. The fraction of sp³-hybridized carbons (Fsp3) is 0.923. The molecule has 17 heavy (non-hydrogen) atoms. The maximum atomic E-state index is 12.2. The Morgan fingerprint density at radius 1 is 1.35 bits per heavy atom. The van der Waals surface area contributed by atoms with Crippen molar-refractivity contribution >= 4 is 5.91 Å². The van der Waals surface area contributed by atoms with E-state index in [1.165, 1.54) is 0 Å². The molecule has 1 heterocycles. The number of methoxy groups -OCH3 is 1. The van der Waals surface area contributed by atoms with E-state index in [-0.39, 0.29) is 24.2 Å². The second-order valence-electron chi connectivity index (χ2n) is 4.85. The molecule has 0 spiro atoms. The number of rotatable bonds is 7. The van der Waals surface area contributed by atoms with Crippen molar-refractivity contribution in [1.82, 2.24) is 10.2 Å². The van der Waals surface area contributed by atoms with E-state index in [1.807, 2.05) is 11.8 Å². The van der Waals surface area contributed by atoms with Crippen molar-refractivity contribution < 1.29 is 9.53 Å². The summed E-state index contributed by atoms with van der Waals surface area (Å²) in [5, 5.41) is 3.44. The average molecular weight is 242 g/mol. The van der Waals surface area contributed by atoms with Gasteiger partial charge < -0.3 is 9.64 Å². The van der Waals surface area contributed by atoms with Gasteiger partial charge in [-0.15, -0.1) is 0 Å². The van der Waals surface area contributed by atoms with Gasteiger partial charge in [0, 0.05) is 13.7 Å². The van der Waals surface area contributed by atoms with Crippen molar-refractivity contribution in [2.24, 2.45) is 0 Å². The van der Waals surface area contributed by atoms with Crippen LogP contribution in [0.3, 0.4) is 0 Å². The Labute approximate surface area is 105 Å². The molecule has 4 heteroatoms. The van der Waals surface area contributed by atoms with E-state index >= 15 is 0 Å². The molecule has 0 saturated carbocycles. The molecular weight excluding hydrogens is 216 g/mol. The molecular formula is C13H26N2O2. The van der Waals surface area contributed by atoms with E-state index in [1.54, 1.807) is 7.11 Å². The summed E-state index contributed by atoms with van der Waals surface area (Å²) >= 11 is 0. The van der Waals surface area contributed by atoms with Crippen molar-refractivity contribution in [1.29, 1.82) is 0 Å². The van der Waals surface area contributed by atoms with Crippen LogP contribution in [-0.2, 0) is 9.53 Å². The smallest absolute Gasteiger partial charge is 0.241 e. The Morgan fingerprint density at radius 2 is 2.00 bits per heavy atom. The first-order chi connectivity index (χ1) is 8.13. The highest BCUT2D eigenvalue weighted by atomic mass is 16.5. The maximum Gasteiger partial charge on any atom is 0.241 e. The highest BCUT2D eigenvalue weighted by Gasteiger charge is 2.37. The minimum absolute atomic E-state index is 0.0145. The Kier molecular flexibility index (Phi) is 5.92. The summed E-state index contributed by atoms with van der Waals surface area (Å²) in [5.74, 6) is 0.245. The zero-order chi connectivity index (χ0) is 12.8. The Bertz CT molecular complexity index is 246. The molecule has 0 aromatic heterocycles. The summed E-state index contributed by atoms with van der Waals surface area (Å²) in [7, 11) is 1.69. The minimum Gasteiger partial charge on any atom is -0.380 e.